The molecular formula is C23H24F3N3O4S2. The molecular weight excluding hydrogens is 503 g/mol. The fourth-order valence-corrected chi connectivity index (χ4v) is 6.25. The number of rotatable bonds is 12. The number of alkyl halides is 2. The lowest BCUT2D eigenvalue weighted by atomic mass is 10.1. The third kappa shape index (κ3) is 6.74. The van der Waals surface area contributed by atoms with Crippen molar-refractivity contribution in [2.45, 2.75) is 49.4 Å². The maximum Gasteiger partial charge on any atom is 0.418 e. The van der Waals surface area contributed by atoms with Crippen molar-refractivity contribution in [3.8, 4) is 11.8 Å². The maximum absolute atomic E-state index is 15.4. The minimum atomic E-state index is -3.94. The second kappa shape index (κ2) is 9.79. The number of nitrogens with one attached hydrogen (secondary N) is 2. The van der Waals surface area contributed by atoms with Crippen LogP contribution in [0.25, 0.3) is 0 Å². The molecule has 2 saturated carbocycles. The van der Waals surface area contributed by atoms with E-state index in [9.17, 15) is 22.9 Å². The first kappa shape index (κ1) is 25.5. The van der Waals surface area contributed by atoms with Crippen molar-refractivity contribution in [2.75, 3.05) is 11.5 Å². The van der Waals surface area contributed by atoms with E-state index in [-0.39, 0.29) is 23.0 Å². The van der Waals surface area contributed by atoms with Gasteiger partial charge in [-0.25, -0.2) is 12.8 Å². The average Bonchev–Trinajstić information content (AvgIpc) is 3.70. The van der Waals surface area contributed by atoms with Gasteiger partial charge >= 0.3 is 6.11 Å². The third-order valence-electron chi connectivity index (χ3n) is 5.90. The Hall–Kier alpha value is -2.62. The standard InChI is InChI=1S/C23H24F3N3O4S2/c24-17-3-5-18(6-4-17)33-23(25,26)20(16-7-10-34-11-16)28-19(13-35(31,32)12-15-1-2-15)21(30)29-22(14-27)8-9-22/h3-7,10-11,15,19-20,28H,1-2,8-9,12-13H2,(H,29,30)/t19?,20-/m1/s1. The van der Waals surface area contributed by atoms with E-state index < -0.39 is 51.0 Å². The Morgan fingerprint density at radius 3 is 2.49 bits per heavy atom. The number of nitriles is 1. The van der Waals surface area contributed by atoms with Crippen LogP contribution in [0, 0.1) is 23.1 Å². The average molecular weight is 528 g/mol. The van der Waals surface area contributed by atoms with Crippen molar-refractivity contribution in [1.82, 2.24) is 10.6 Å². The van der Waals surface area contributed by atoms with E-state index in [1.165, 1.54) is 11.4 Å². The summed E-state index contributed by atoms with van der Waals surface area (Å²) in [5, 5.41) is 17.3. The van der Waals surface area contributed by atoms with Gasteiger partial charge in [0, 0.05) is 0 Å². The Morgan fingerprint density at radius 2 is 1.94 bits per heavy atom. The predicted octanol–water partition coefficient (Wildman–Crippen LogP) is 3.56. The molecule has 2 aliphatic carbocycles. The zero-order valence-electron chi connectivity index (χ0n) is 18.5. The largest absolute Gasteiger partial charge is 0.431 e. The summed E-state index contributed by atoms with van der Waals surface area (Å²) in [6.45, 7) is 0. The third-order valence-corrected chi connectivity index (χ3v) is 8.42. The molecule has 7 nitrogen and oxygen atoms in total. The molecule has 1 amide bonds. The molecule has 0 bridgehead atoms. The van der Waals surface area contributed by atoms with Crippen molar-refractivity contribution >= 4 is 27.1 Å². The Labute approximate surface area is 205 Å². The molecule has 1 aromatic heterocycles. The van der Waals surface area contributed by atoms with E-state index in [0.717, 1.165) is 48.4 Å². The van der Waals surface area contributed by atoms with E-state index in [0.29, 0.717) is 12.8 Å². The van der Waals surface area contributed by atoms with E-state index >= 15 is 8.78 Å². The van der Waals surface area contributed by atoms with Gasteiger partial charge in [0.25, 0.3) is 0 Å². The van der Waals surface area contributed by atoms with Crippen LogP contribution in [0.1, 0.15) is 37.3 Å². The molecule has 4 rings (SSSR count). The molecule has 12 heteroatoms. The molecule has 2 aromatic rings. The Morgan fingerprint density at radius 1 is 1.26 bits per heavy atom. The molecule has 0 spiro atoms. The first-order valence-electron chi connectivity index (χ1n) is 11.1. The first-order chi connectivity index (χ1) is 16.5. The van der Waals surface area contributed by atoms with Gasteiger partial charge in [-0.15, -0.1) is 0 Å². The number of ether oxygens (including phenoxy) is 1. The number of carbonyl (C=O) groups is 1. The number of halogens is 3. The summed E-state index contributed by atoms with van der Waals surface area (Å²) in [6, 6.07) is 3.96. The van der Waals surface area contributed by atoms with Gasteiger partial charge < -0.3 is 10.1 Å². The summed E-state index contributed by atoms with van der Waals surface area (Å²) in [4.78, 5) is 13.1. The van der Waals surface area contributed by atoms with Gasteiger partial charge in [0.05, 0.1) is 17.6 Å². The molecule has 2 fully saturated rings. The molecule has 1 heterocycles. The lowest BCUT2D eigenvalue weighted by Gasteiger charge is -2.31. The van der Waals surface area contributed by atoms with Crippen LogP contribution in [0.15, 0.2) is 41.1 Å². The predicted molar refractivity (Wildman–Crippen MR) is 123 cm³/mol. The van der Waals surface area contributed by atoms with E-state index in [1.807, 2.05) is 6.07 Å². The molecule has 0 saturated heterocycles. The van der Waals surface area contributed by atoms with Crippen LogP contribution >= 0.6 is 11.3 Å². The molecule has 1 unspecified atom stereocenters. The number of carbonyl (C=O) groups excluding carboxylic acids is 1. The SMILES string of the molecule is N#CC1(NC(=O)C(CS(=O)(=O)CC2CC2)N[C@H](c2ccsc2)C(F)(F)Oc2ccc(F)cc2)CC1. The molecule has 2 N–H and O–H groups in total. The number of nitrogens with zero attached hydrogens (tertiary/aromatic N) is 1. The van der Waals surface area contributed by atoms with Crippen LogP contribution in [-0.4, -0.2) is 43.5 Å². The molecule has 188 valence electrons. The highest BCUT2D eigenvalue weighted by molar-refractivity contribution is 7.91. The minimum Gasteiger partial charge on any atom is -0.431 e. The second-order valence-electron chi connectivity index (χ2n) is 9.03. The van der Waals surface area contributed by atoms with Crippen LogP contribution in [0.2, 0.25) is 0 Å². The lowest BCUT2D eigenvalue weighted by molar-refractivity contribution is -0.202. The van der Waals surface area contributed by atoms with Crippen molar-refractivity contribution in [1.29, 1.82) is 5.26 Å². The fourth-order valence-electron chi connectivity index (χ4n) is 3.62. The van der Waals surface area contributed by atoms with Crippen LogP contribution in [0.4, 0.5) is 13.2 Å². The number of thiophene rings is 1. The summed E-state index contributed by atoms with van der Waals surface area (Å²) < 4.78 is 74.4. The fraction of sp³-hybridized carbons (Fsp3) is 0.478. The molecule has 0 radical (unpaired) electrons. The summed E-state index contributed by atoms with van der Waals surface area (Å²) in [6.07, 6.45) is -1.61. The van der Waals surface area contributed by atoms with Gasteiger partial charge in [-0.1, -0.05) is 0 Å². The van der Waals surface area contributed by atoms with Crippen LogP contribution in [-0.2, 0) is 14.6 Å². The monoisotopic (exact) mass is 527 g/mol. The van der Waals surface area contributed by atoms with Crippen LogP contribution in [0.3, 0.4) is 0 Å². The van der Waals surface area contributed by atoms with E-state index in [2.05, 4.69) is 10.6 Å². The van der Waals surface area contributed by atoms with Gasteiger partial charge in [0.15, 0.2) is 9.84 Å². The second-order valence-corrected chi connectivity index (χ2v) is 12.0. The van der Waals surface area contributed by atoms with Crippen molar-refractivity contribution in [2.24, 2.45) is 5.92 Å². The van der Waals surface area contributed by atoms with Crippen molar-refractivity contribution < 1.29 is 31.1 Å². The minimum absolute atomic E-state index is 0.00788. The topological polar surface area (TPSA) is 108 Å². The molecule has 0 aliphatic heterocycles. The van der Waals surface area contributed by atoms with E-state index in [4.69, 9.17) is 4.74 Å². The van der Waals surface area contributed by atoms with Crippen LogP contribution < -0.4 is 15.4 Å². The summed E-state index contributed by atoms with van der Waals surface area (Å²) in [5.41, 5.74) is -1.02. The number of benzene rings is 1. The first-order valence-corrected chi connectivity index (χ1v) is 13.8. The smallest absolute Gasteiger partial charge is 0.418 e. The maximum atomic E-state index is 15.4. The zero-order chi connectivity index (χ0) is 25.3. The van der Waals surface area contributed by atoms with Crippen molar-refractivity contribution in [3.63, 3.8) is 0 Å². The Kier molecular flexibility index (Phi) is 7.13. The molecule has 2 aliphatic rings. The normalized spacial score (nSPS) is 18.8. The van der Waals surface area contributed by atoms with Gasteiger partial charge in [-0.3, -0.25) is 10.1 Å². The van der Waals surface area contributed by atoms with Crippen LogP contribution in [0.5, 0.6) is 5.75 Å². The molecule has 35 heavy (non-hydrogen) atoms. The number of hydrogen-bond donors (Lipinski definition) is 2. The van der Waals surface area contributed by atoms with Gasteiger partial charge in [0.1, 0.15) is 29.2 Å². The Bertz CT molecular complexity index is 1190. The van der Waals surface area contributed by atoms with Gasteiger partial charge in [-0.2, -0.15) is 25.4 Å². The highest BCUT2D eigenvalue weighted by atomic mass is 32.2. The number of hydrogen-bond acceptors (Lipinski definition) is 7. The highest BCUT2D eigenvalue weighted by Crippen LogP contribution is 2.37. The Balaban J connectivity index is 1.60. The van der Waals surface area contributed by atoms with Gasteiger partial charge in [-0.05, 0) is 78.3 Å². The molecule has 1 aromatic carbocycles. The lowest BCUT2D eigenvalue weighted by Crippen LogP contribution is -2.55. The van der Waals surface area contributed by atoms with Gasteiger partial charge in [0.2, 0.25) is 5.91 Å². The summed E-state index contributed by atoms with van der Waals surface area (Å²) >= 11 is 1.14. The molecule has 2 atom stereocenters. The number of amides is 1. The quantitative estimate of drug-likeness (QED) is 0.437. The summed E-state index contributed by atoms with van der Waals surface area (Å²) in [5.74, 6) is -2.60. The highest BCUT2D eigenvalue weighted by Gasteiger charge is 2.49. The summed E-state index contributed by atoms with van der Waals surface area (Å²) in [7, 11) is -3.76. The zero-order valence-corrected chi connectivity index (χ0v) is 20.2. The number of sulfone groups is 1. The van der Waals surface area contributed by atoms with Crippen molar-refractivity contribution in [3.05, 3.63) is 52.5 Å². The van der Waals surface area contributed by atoms with E-state index in [1.54, 1.807) is 5.38 Å².